The van der Waals surface area contributed by atoms with Crippen molar-refractivity contribution in [3.8, 4) is 5.69 Å². The molecule has 0 spiro atoms. The number of aromatic nitrogens is 2. The molecule has 0 aliphatic carbocycles. The molecule has 0 aliphatic heterocycles. The first kappa shape index (κ1) is 18.9. The van der Waals surface area contributed by atoms with Gasteiger partial charge in [-0.25, -0.2) is 9.37 Å². The number of halogens is 1. The van der Waals surface area contributed by atoms with Gasteiger partial charge < -0.3 is 5.32 Å². The molecule has 1 amide bonds. The first-order chi connectivity index (χ1) is 14.1. The fraction of sp³-hybridized carbons (Fsp3) is 0.0455. The van der Waals surface area contributed by atoms with Gasteiger partial charge in [0.1, 0.15) is 5.82 Å². The lowest BCUT2D eigenvalue weighted by Crippen LogP contribution is -2.23. The molecule has 0 bridgehead atoms. The van der Waals surface area contributed by atoms with E-state index in [0.717, 1.165) is 11.8 Å². The fourth-order valence-electron chi connectivity index (χ4n) is 2.90. The summed E-state index contributed by atoms with van der Waals surface area (Å²) < 4.78 is 15.7. The molecule has 3 aromatic carbocycles. The molecule has 7 heteroatoms. The van der Waals surface area contributed by atoms with Gasteiger partial charge in [0, 0.05) is 5.69 Å². The van der Waals surface area contributed by atoms with Crippen LogP contribution in [0.1, 0.15) is 0 Å². The molecule has 4 rings (SSSR count). The Kier molecular flexibility index (Phi) is 5.39. The van der Waals surface area contributed by atoms with Crippen LogP contribution in [0, 0.1) is 5.82 Å². The van der Waals surface area contributed by atoms with Crippen LogP contribution in [0.2, 0.25) is 0 Å². The van der Waals surface area contributed by atoms with Gasteiger partial charge in [-0.3, -0.25) is 14.2 Å². The Labute approximate surface area is 170 Å². The second-order valence-electron chi connectivity index (χ2n) is 6.21. The van der Waals surface area contributed by atoms with Gasteiger partial charge in [-0.05, 0) is 36.4 Å². The zero-order valence-electron chi connectivity index (χ0n) is 15.2. The Bertz CT molecular complexity index is 1240. The van der Waals surface area contributed by atoms with E-state index in [9.17, 15) is 14.0 Å². The van der Waals surface area contributed by atoms with E-state index in [4.69, 9.17) is 0 Å². The maximum absolute atomic E-state index is 14.4. The number of amides is 1. The third kappa shape index (κ3) is 4.05. The molecule has 0 saturated carbocycles. The van der Waals surface area contributed by atoms with E-state index < -0.39 is 5.82 Å². The van der Waals surface area contributed by atoms with Crippen molar-refractivity contribution in [2.24, 2.45) is 0 Å². The Morgan fingerprint density at radius 2 is 1.66 bits per heavy atom. The van der Waals surface area contributed by atoms with Gasteiger partial charge in [-0.15, -0.1) is 0 Å². The summed E-state index contributed by atoms with van der Waals surface area (Å²) in [5.41, 5.74) is 0.889. The number of carbonyl (C=O) groups is 1. The molecule has 4 aromatic rings. The van der Waals surface area contributed by atoms with Gasteiger partial charge in [0.05, 0.1) is 22.3 Å². The van der Waals surface area contributed by atoms with Crippen LogP contribution >= 0.6 is 11.8 Å². The molecule has 0 aliphatic rings. The number of rotatable bonds is 5. The average Bonchev–Trinajstić information content (AvgIpc) is 2.74. The standard InChI is InChI=1S/C22H16FN3O2S/c23-17-11-5-7-13-19(17)26-21(28)16-10-4-6-12-18(16)25-22(26)29-14-20(27)24-15-8-2-1-3-9-15/h1-13H,14H2,(H,24,27). The van der Waals surface area contributed by atoms with Crippen molar-refractivity contribution in [1.82, 2.24) is 9.55 Å². The predicted octanol–water partition coefficient (Wildman–Crippen LogP) is 4.26. The molecule has 1 aromatic heterocycles. The number of nitrogens with zero attached hydrogens (tertiary/aromatic N) is 2. The minimum atomic E-state index is -0.540. The molecule has 144 valence electrons. The van der Waals surface area contributed by atoms with Crippen LogP contribution in [0.5, 0.6) is 0 Å². The zero-order chi connectivity index (χ0) is 20.2. The Hall–Kier alpha value is -3.45. The molecule has 1 N–H and O–H groups in total. The van der Waals surface area contributed by atoms with Gasteiger partial charge in [0.2, 0.25) is 5.91 Å². The molecule has 0 saturated heterocycles. The Morgan fingerprint density at radius 1 is 0.966 bits per heavy atom. The molecule has 29 heavy (non-hydrogen) atoms. The number of carbonyl (C=O) groups excluding carboxylic acids is 1. The quantitative estimate of drug-likeness (QED) is 0.398. The van der Waals surface area contributed by atoms with E-state index in [1.165, 1.54) is 16.7 Å². The van der Waals surface area contributed by atoms with Gasteiger partial charge in [0.25, 0.3) is 5.56 Å². The monoisotopic (exact) mass is 405 g/mol. The highest BCUT2D eigenvalue weighted by atomic mass is 32.2. The zero-order valence-corrected chi connectivity index (χ0v) is 16.0. The lowest BCUT2D eigenvalue weighted by Gasteiger charge is -2.13. The average molecular weight is 405 g/mol. The first-order valence-corrected chi connectivity index (χ1v) is 9.86. The van der Waals surface area contributed by atoms with Crippen molar-refractivity contribution in [1.29, 1.82) is 0 Å². The van der Waals surface area contributed by atoms with Crippen LogP contribution in [-0.4, -0.2) is 21.2 Å². The van der Waals surface area contributed by atoms with E-state index in [-0.39, 0.29) is 28.1 Å². The number of nitrogens with one attached hydrogen (secondary N) is 1. The third-order valence-corrected chi connectivity index (χ3v) is 5.17. The summed E-state index contributed by atoms with van der Waals surface area (Å²) in [7, 11) is 0. The number of hydrogen-bond donors (Lipinski definition) is 1. The topological polar surface area (TPSA) is 64.0 Å². The minimum absolute atomic E-state index is 0.0220. The van der Waals surface area contributed by atoms with Crippen molar-refractivity contribution >= 4 is 34.3 Å². The highest BCUT2D eigenvalue weighted by Gasteiger charge is 2.17. The number of benzene rings is 3. The van der Waals surface area contributed by atoms with Gasteiger partial charge in [-0.1, -0.05) is 54.2 Å². The summed E-state index contributed by atoms with van der Waals surface area (Å²) >= 11 is 1.08. The van der Waals surface area contributed by atoms with Crippen molar-refractivity contribution in [2.75, 3.05) is 11.1 Å². The number of thioether (sulfide) groups is 1. The summed E-state index contributed by atoms with van der Waals surface area (Å²) in [5, 5.41) is 3.42. The van der Waals surface area contributed by atoms with Gasteiger partial charge in [-0.2, -0.15) is 0 Å². The molecule has 5 nitrogen and oxygen atoms in total. The first-order valence-electron chi connectivity index (χ1n) is 8.88. The Balaban J connectivity index is 1.71. The lowest BCUT2D eigenvalue weighted by atomic mass is 10.2. The summed E-state index contributed by atoms with van der Waals surface area (Å²) in [6.45, 7) is 0. The summed E-state index contributed by atoms with van der Waals surface area (Å²) in [6.07, 6.45) is 0. The fourth-order valence-corrected chi connectivity index (χ4v) is 3.71. The van der Waals surface area contributed by atoms with Crippen molar-refractivity contribution in [3.05, 3.63) is 95.0 Å². The van der Waals surface area contributed by atoms with Crippen LogP contribution in [0.3, 0.4) is 0 Å². The smallest absolute Gasteiger partial charge is 0.266 e. The van der Waals surface area contributed by atoms with Crippen LogP contribution in [0.15, 0.2) is 88.8 Å². The molecule has 1 heterocycles. The van der Waals surface area contributed by atoms with Crippen LogP contribution < -0.4 is 10.9 Å². The van der Waals surface area contributed by atoms with Crippen LogP contribution in [0.25, 0.3) is 16.6 Å². The highest BCUT2D eigenvalue weighted by Crippen LogP contribution is 2.23. The van der Waals surface area contributed by atoms with E-state index in [2.05, 4.69) is 10.3 Å². The van der Waals surface area contributed by atoms with Crippen molar-refractivity contribution in [2.45, 2.75) is 5.16 Å². The Morgan fingerprint density at radius 3 is 2.45 bits per heavy atom. The molecular formula is C22H16FN3O2S. The lowest BCUT2D eigenvalue weighted by molar-refractivity contribution is -0.113. The predicted molar refractivity (Wildman–Crippen MR) is 113 cm³/mol. The second kappa shape index (κ2) is 8.28. The third-order valence-electron chi connectivity index (χ3n) is 4.23. The number of para-hydroxylation sites is 3. The second-order valence-corrected chi connectivity index (χ2v) is 7.15. The number of hydrogen-bond acceptors (Lipinski definition) is 4. The van der Waals surface area contributed by atoms with Crippen LogP contribution in [-0.2, 0) is 4.79 Å². The van der Waals surface area contributed by atoms with Gasteiger partial charge in [0.15, 0.2) is 5.16 Å². The number of fused-ring (bicyclic) bond motifs is 1. The summed E-state index contributed by atoms with van der Waals surface area (Å²) in [5.74, 6) is -0.764. The molecule has 0 unspecified atom stereocenters. The van der Waals surface area contributed by atoms with E-state index in [1.54, 1.807) is 48.5 Å². The van der Waals surface area contributed by atoms with E-state index in [0.29, 0.717) is 16.6 Å². The molecular weight excluding hydrogens is 389 g/mol. The minimum Gasteiger partial charge on any atom is -0.325 e. The normalized spacial score (nSPS) is 10.8. The molecule has 0 radical (unpaired) electrons. The highest BCUT2D eigenvalue weighted by molar-refractivity contribution is 7.99. The maximum atomic E-state index is 14.4. The summed E-state index contributed by atoms with van der Waals surface area (Å²) in [6, 6.07) is 22.0. The van der Waals surface area contributed by atoms with E-state index in [1.807, 2.05) is 18.2 Å². The molecule has 0 atom stereocenters. The molecule has 0 fully saturated rings. The SMILES string of the molecule is O=C(CSc1nc2ccccc2c(=O)n1-c1ccccc1F)Nc1ccccc1. The largest absolute Gasteiger partial charge is 0.325 e. The maximum Gasteiger partial charge on any atom is 0.266 e. The number of anilines is 1. The van der Waals surface area contributed by atoms with Gasteiger partial charge >= 0.3 is 0 Å². The van der Waals surface area contributed by atoms with Crippen LogP contribution in [0.4, 0.5) is 10.1 Å². The van der Waals surface area contributed by atoms with E-state index >= 15 is 0 Å². The van der Waals surface area contributed by atoms with Crippen molar-refractivity contribution in [3.63, 3.8) is 0 Å². The van der Waals surface area contributed by atoms with Crippen molar-refractivity contribution < 1.29 is 9.18 Å². The summed E-state index contributed by atoms with van der Waals surface area (Å²) in [4.78, 5) is 29.9.